The third-order valence-electron chi connectivity index (χ3n) is 5.62. The van der Waals surface area contributed by atoms with Crippen molar-refractivity contribution in [3.63, 3.8) is 0 Å². The van der Waals surface area contributed by atoms with Crippen LogP contribution in [0.1, 0.15) is 44.9 Å². The summed E-state index contributed by atoms with van der Waals surface area (Å²) in [4.78, 5) is 14.6. The summed E-state index contributed by atoms with van der Waals surface area (Å²) in [7, 11) is 1.64. The molecule has 136 valence electrons. The Morgan fingerprint density at radius 2 is 2.12 bits per heavy atom. The molecule has 6 nitrogen and oxygen atoms in total. The van der Waals surface area contributed by atoms with Crippen molar-refractivity contribution in [1.29, 1.82) is 0 Å². The molecule has 2 saturated heterocycles. The van der Waals surface area contributed by atoms with E-state index >= 15 is 0 Å². The van der Waals surface area contributed by atoms with Crippen LogP contribution in [0.4, 0.5) is 4.79 Å². The van der Waals surface area contributed by atoms with E-state index in [1.165, 1.54) is 0 Å². The van der Waals surface area contributed by atoms with Crippen LogP contribution in [0.3, 0.4) is 0 Å². The van der Waals surface area contributed by atoms with Crippen molar-refractivity contribution in [1.82, 2.24) is 4.90 Å². The summed E-state index contributed by atoms with van der Waals surface area (Å²) in [5.74, 6) is 0. The lowest BCUT2D eigenvalue weighted by atomic mass is 9.71. The van der Waals surface area contributed by atoms with Crippen LogP contribution in [0.2, 0.25) is 0 Å². The maximum Gasteiger partial charge on any atom is 0.411 e. The molecule has 0 bridgehead atoms. The first-order chi connectivity index (χ1) is 11.7. The molecule has 1 aliphatic carbocycles. The highest BCUT2D eigenvalue weighted by molar-refractivity contribution is 5.73. The Bertz CT molecular complexity index is 453. The van der Waals surface area contributed by atoms with Crippen molar-refractivity contribution < 1.29 is 23.7 Å². The lowest BCUT2D eigenvalue weighted by molar-refractivity contribution is -0.154. The van der Waals surface area contributed by atoms with Gasteiger partial charge in [0.05, 0.1) is 24.9 Å². The fourth-order valence-corrected chi connectivity index (χ4v) is 4.64. The van der Waals surface area contributed by atoms with Gasteiger partial charge in [0.1, 0.15) is 6.79 Å². The molecule has 0 radical (unpaired) electrons. The zero-order valence-electron chi connectivity index (χ0n) is 14.6. The molecule has 1 saturated carbocycles. The lowest BCUT2D eigenvalue weighted by Gasteiger charge is -2.50. The highest BCUT2D eigenvalue weighted by Crippen LogP contribution is 2.49. The van der Waals surface area contributed by atoms with Crippen LogP contribution < -0.4 is 0 Å². The Morgan fingerprint density at radius 3 is 2.88 bits per heavy atom. The fourth-order valence-electron chi connectivity index (χ4n) is 4.64. The van der Waals surface area contributed by atoms with Crippen molar-refractivity contribution in [2.24, 2.45) is 0 Å². The molecule has 0 unspecified atom stereocenters. The van der Waals surface area contributed by atoms with E-state index in [4.69, 9.17) is 18.9 Å². The fraction of sp³-hybridized carbons (Fsp3) is 0.833. The number of carbonyl (C=O) groups excluding carboxylic acids is 1. The molecule has 2 heterocycles. The van der Waals surface area contributed by atoms with Gasteiger partial charge in [-0.2, -0.15) is 0 Å². The first-order valence-electron chi connectivity index (χ1n) is 9.02. The van der Waals surface area contributed by atoms with Crippen LogP contribution in [0.15, 0.2) is 12.7 Å². The number of nitrogens with zero attached hydrogens (tertiary/aromatic N) is 1. The van der Waals surface area contributed by atoms with Crippen molar-refractivity contribution in [3.8, 4) is 0 Å². The topological polar surface area (TPSA) is 57.2 Å². The number of piperidine rings is 1. The molecule has 0 aromatic carbocycles. The highest BCUT2D eigenvalue weighted by Gasteiger charge is 2.61. The maximum atomic E-state index is 12.6. The van der Waals surface area contributed by atoms with E-state index in [0.29, 0.717) is 13.2 Å². The predicted octanol–water partition coefficient (Wildman–Crippen LogP) is 2.86. The number of amides is 1. The maximum absolute atomic E-state index is 12.6. The number of hydrogen-bond acceptors (Lipinski definition) is 5. The van der Waals surface area contributed by atoms with E-state index in [-0.39, 0.29) is 36.7 Å². The van der Waals surface area contributed by atoms with Crippen LogP contribution in [-0.2, 0) is 18.9 Å². The van der Waals surface area contributed by atoms with Gasteiger partial charge in [-0.1, -0.05) is 6.08 Å². The summed E-state index contributed by atoms with van der Waals surface area (Å²) < 4.78 is 22.1. The van der Waals surface area contributed by atoms with Gasteiger partial charge in [0.25, 0.3) is 0 Å². The Balaban J connectivity index is 1.67. The third kappa shape index (κ3) is 3.19. The third-order valence-corrected chi connectivity index (χ3v) is 5.62. The van der Waals surface area contributed by atoms with Crippen molar-refractivity contribution in [2.45, 2.75) is 68.7 Å². The van der Waals surface area contributed by atoms with Gasteiger partial charge in [0.15, 0.2) is 6.10 Å². The van der Waals surface area contributed by atoms with Gasteiger partial charge < -0.3 is 18.9 Å². The van der Waals surface area contributed by atoms with E-state index in [9.17, 15) is 4.79 Å². The van der Waals surface area contributed by atoms with Gasteiger partial charge in [-0.25, -0.2) is 4.79 Å². The van der Waals surface area contributed by atoms with Crippen LogP contribution in [0.25, 0.3) is 0 Å². The molecule has 6 heteroatoms. The monoisotopic (exact) mass is 339 g/mol. The van der Waals surface area contributed by atoms with E-state index in [2.05, 4.69) is 6.58 Å². The van der Waals surface area contributed by atoms with Gasteiger partial charge >= 0.3 is 6.09 Å². The van der Waals surface area contributed by atoms with E-state index in [1.54, 1.807) is 7.11 Å². The number of rotatable bonds is 8. The number of carbonyl (C=O) groups is 1. The minimum Gasteiger partial charge on any atom is -0.441 e. The summed E-state index contributed by atoms with van der Waals surface area (Å²) in [5, 5.41) is 0. The summed E-state index contributed by atoms with van der Waals surface area (Å²) >= 11 is 0. The normalized spacial score (nSPS) is 35.3. The quantitative estimate of drug-likeness (QED) is 0.387. The Morgan fingerprint density at radius 1 is 1.33 bits per heavy atom. The SMILES string of the molecule is C=CC[C@@H]1CCC[C@@]23CCC[C@H](OCOCCOC)[C@@H]2OC(=O)N13. The molecule has 4 atom stereocenters. The molecule has 3 aliphatic rings. The second-order valence-corrected chi connectivity index (χ2v) is 6.96. The zero-order valence-corrected chi connectivity index (χ0v) is 14.6. The first-order valence-corrected chi connectivity index (χ1v) is 9.02. The van der Waals surface area contributed by atoms with Gasteiger partial charge in [-0.15, -0.1) is 6.58 Å². The van der Waals surface area contributed by atoms with Crippen molar-refractivity contribution >= 4 is 6.09 Å². The van der Waals surface area contributed by atoms with Gasteiger partial charge in [-0.3, -0.25) is 4.90 Å². The number of methoxy groups -OCH3 is 1. The molecule has 0 aromatic rings. The molecule has 1 spiro atoms. The smallest absolute Gasteiger partial charge is 0.411 e. The van der Waals surface area contributed by atoms with Crippen LogP contribution in [0, 0.1) is 0 Å². The Labute approximate surface area is 144 Å². The summed E-state index contributed by atoms with van der Waals surface area (Å²) in [6, 6.07) is 0.213. The molecule has 3 rings (SSSR count). The van der Waals surface area contributed by atoms with Crippen LogP contribution >= 0.6 is 0 Å². The molecule has 24 heavy (non-hydrogen) atoms. The summed E-state index contributed by atoms with van der Waals surface area (Å²) in [5.41, 5.74) is -0.196. The van der Waals surface area contributed by atoms with Gasteiger partial charge in [0, 0.05) is 13.2 Å². The zero-order chi connectivity index (χ0) is 17.0. The number of ether oxygens (including phenoxy) is 4. The highest BCUT2D eigenvalue weighted by atomic mass is 16.7. The largest absolute Gasteiger partial charge is 0.441 e. The lowest BCUT2D eigenvalue weighted by Crippen LogP contribution is -2.62. The molecule has 1 amide bonds. The van der Waals surface area contributed by atoms with Crippen molar-refractivity contribution in [3.05, 3.63) is 12.7 Å². The molecular formula is C18H29NO5. The molecular weight excluding hydrogens is 310 g/mol. The van der Waals surface area contributed by atoms with E-state index < -0.39 is 0 Å². The van der Waals surface area contributed by atoms with E-state index in [0.717, 1.165) is 44.9 Å². The molecule has 0 aromatic heterocycles. The van der Waals surface area contributed by atoms with Crippen molar-refractivity contribution in [2.75, 3.05) is 27.1 Å². The van der Waals surface area contributed by atoms with Crippen LogP contribution in [-0.4, -0.2) is 61.9 Å². The average Bonchev–Trinajstić information content (AvgIpc) is 2.89. The second kappa shape index (κ2) is 7.85. The molecule has 3 fully saturated rings. The van der Waals surface area contributed by atoms with E-state index in [1.807, 2.05) is 11.0 Å². The Kier molecular flexibility index (Phi) is 5.79. The number of hydrogen-bond donors (Lipinski definition) is 0. The molecule has 0 N–H and O–H groups in total. The predicted molar refractivity (Wildman–Crippen MR) is 88.7 cm³/mol. The minimum absolute atomic E-state index is 0.0854. The summed E-state index contributed by atoms with van der Waals surface area (Å²) in [6.45, 7) is 5.12. The minimum atomic E-state index is -0.196. The van der Waals surface area contributed by atoms with Gasteiger partial charge in [0.2, 0.25) is 0 Å². The standard InChI is InChI=1S/C18H29NO5/c1-3-6-14-7-4-9-18-10-5-8-15(23-13-22-12-11-21-2)16(18)24-17(20)19(14)18/h3,14-16H,1,4-13H2,2H3/t14-,15+,16+,18-/m1/s1. The summed E-state index contributed by atoms with van der Waals surface area (Å²) in [6.07, 6.45) is 8.40. The average molecular weight is 339 g/mol. The second-order valence-electron chi connectivity index (χ2n) is 6.96. The Hall–Kier alpha value is -1.11. The molecule has 2 aliphatic heterocycles. The van der Waals surface area contributed by atoms with Gasteiger partial charge in [-0.05, 0) is 44.9 Å². The first kappa shape index (κ1) is 17.7. The van der Waals surface area contributed by atoms with Crippen LogP contribution in [0.5, 0.6) is 0 Å².